The van der Waals surface area contributed by atoms with E-state index in [0.29, 0.717) is 32.0 Å². The Balaban J connectivity index is 2.50. The zero-order valence-corrected chi connectivity index (χ0v) is 12.7. The summed E-state index contributed by atoms with van der Waals surface area (Å²) in [6.45, 7) is 5.81. The predicted molar refractivity (Wildman–Crippen MR) is 78.8 cm³/mol. The van der Waals surface area contributed by atoms with Crippen LogP contribution < -0.4 is 5.32 Å². The van der Waals surface area contributed by atoms with E-state index in [2.05, 4.69) is 5.32 Å². The summed E-state index contributed by atoms with van der Waals surface area (Å²) in [6.07, 6.45) is 0. The van der Waals surface area contributed by atoms with Gasteiger partial charge in [-0.2, -0.15) is 0 Å². The minimum Gasteiger partial charge on any atom is -0.507 e. The van der Waals surface area contributed by atoms with Crippen molar-refractivity contribution in [2.75, 3.05) is 33.9 Å². The van der Waals surface area contributed by atoms with Crippen LogP contribution in [0.5, 0.6) is 5.75 Å². The number of benzene rings is 1. The lowest BCUT2D eigenvalue weighted by molar-refractivity contribution is -0.122. The zero-order chi connectivity index (χ0) is 15.1. The molecule has 1 aromatic rings. The Kier molecular flexibility index (Phi) is 6.48. The molecule has 0 fully saturated rings. The van der Waals surface area contributed by atoms with E-state index in [1.165, 1.54) is 0 Å². The molecule has 0 heterocycles. The largest absolute Gasteiger partial charge is 0.507 e. The molecule has 0 aromatic heterocycles. The molecular formula is C15H24N2O3. The van der Waals surface area contributed by atoms with Crippen LogP contribution in [0.3, 0.4) is 0 Å². The number of aryl methyl sites for hydroxylation is 2. The number of phenolic OH excluding ortho intramolecular Hbond substituents is 1. The summed E-state index contributed by atoms with van der Waals surface area (Å²) in [7, 11) is 3.50. The number of aromatic hydroxyl groups is 1. The van der Waals surface area contributed by atoms with Gasteiger partial charge in [-0.1, -0.05) is 12.1 Å². The van der Waals surface area contributed by atoms with Gasteiger partial charge in [0.25, 0.3) is 0 Å². The first-order chi connectivity index (χ1) is 9.43. The van der Waals surface area contributed by atoms with E-state index in [1.54, 1.807) is 7.11 Å². The Hall–Kier alpha value is -1.59. The summed E-state index contributed by atoms with van der Waals surface area (Å²) in [4.78, 5) is 13.6. The Morgan fingerprint density at radius 2 is 1.95 bits per heavy atom. The molecule has 0 unspecified atom stereocenters. The van der Waals surface area contributed by atoms with Crippen LogP contribution in [0.1, 0.15) is 16.7 Å². The number of nitrogens with one attached hydrogen (secondary N) is 1. The van der Waals surface area contributed by atoms with Crippen molar-refractivity contribution in [3.8, 4) is 5.75 Å². The average Bonchev–Trinajstić information content (AvgIpc) is 2.35. The van der Waals surface area contributed by atoms with Crippen LogP contribution in [-0.4, -0.2) is 49.8 Å². The third kappa shape index (κ3) is 5.19. The minimum atomic E-state index is -0.0169. The van der Waals surface area contributed by atoms with Crippen LogP contribution in [0, 0.1) is 13.8 Å². The van der Waals surface area contributed by atoms with E-state index in [-0.39, 0.29) is 5.91 Å². The fourth-order valence-electron chi connectivity index (χ4n) is 2.10. The molecule has 0 aliphatic heterocycles. The van der Waals surface area contributed by atoms with Gasteiger partial charge in [0.15, 0.2) is 0 Å². The summed E-state index contributed by atoms with van der Waals surface area (Å²) in [5.74, 6) is 0.325. The van der Waals surface area contributed by atoms with Crippen molar-refractivity contribution in [3.63, 3.8) is 0 Å². The van der Waals surface area contributed by atoms with Crippen LogP contribution in [0.4, 0.5) is 0 Å². The number of likely N-dealkylation sites (N-methyl/N-ethyl adjacent to an activating group) is 1. The summed E-state index contributed by atoms with van der Waals surface area (Å²) in [6, 6.07) is 3.89. The third-order valence-corrected chi connectivity index (χ3v) is 3.05. The number of hydrogen-bond acceptors (Lipinski definition) is 4. The van der Waals surface area contributed by atoms with Crippen molar-refractivity contribution < 1.29 is 14.6 Å². The lowest BCUT2D eigenvalue weighted by Gasteiger charge is -2.17. The maximum atomic E-state index is 11.7. The van der Waals surface area contributed by atoms with Crippen LogP contribution >= 0.6 is 0 Å². The fraction of sp³-hybridized carbons (Fsp3) is 0.533. The van der Waals surface area contributed by atoms with Crippen molar-refractivity contribution in [1.82, 2.24) is 10.2 Å². The summed E-state index contributed by atoms with van der Waals surface area (Å²) < 4.78 is 4.88. The molecule has 0 saturated carbocycles. The van der Waals surface area contributed by atoms with Crippen LogP contribution in [0.2, 0.25) is 0 Å². The van der Waals surface area contributed by atoms with Gasteiger partial charge in [-0.15, -0.1) is 0 Å². The number of amides is 1. The van der Waals surface area contributed by atoms with Crippen molar-refractivity contribution in [1.29, 1.82) is 0 Å². The normalized spacial score (nSPS) is 10.8. The Morgan fingerprint density at radius 3 is 2.50 bits per heavy atom. The second-order valence-electron chi connectivity index (χ2n) is 5.09. The molecule has 0 radical (unpaired) electrons. The third-order valence-electron chi connectivity index (χ3n) is 3.05. The first-order valence-electron chi connectivity index (χ1n) is 6.67. The number of methoxy groups -OCH3 is 1. The maximum Gasteiger partial charge on any atom is 0.234 e. The van der Waals surface area contributed by atoms with E-state index in [0.717, 1.165) is 16.7 Å². The number of carbonyl (C=O) groups excluding carboxylic acids is 1. The van der Waals surface area contributed by atoms with Crippen molar-refractivity contribution >= 4 is 5.91 Å². The van der Waals surface area contributed by atoms with Gasteiger partial charge in [0, 0.05) is 20.2 Å². The zero-order valence-electron chi connectivity index (χ0n) is 12.7. The first-order valence-corrected chi connectivity index (χ1v) is 6.67. The van der Waals surface area contributed by atoms with Crippen LogP contribution in [0.25, 0.3) is 0 Å². The molecule has 20 heavy (non-hydrogen) atoms. The molecule has 1 rings (SSSR count). The topological polar surface area (TPSA) is 61.8 Å². The molecule has 0 saturated heterocycles. The van der Waals surface area contributed by atoms with E-state index in [1.807, 2.05) is 37.9 Å². The fourth-order valence-corrected chi connectivity index (χ4v) is 2.10. The average molecular weight is 280 g/mol. The van der Waals surface area contributed by atoms with E-state index in [9.17, 15) is 9.90 Å². The molecule has 0 atom stereocenters. The highest BCUT2D eigenvalue weighted by atomic mass is 16.5. The Labute approximate surface area is 120 Å². The molecule has 2 N–H and O–H groups in total. The lowest BCUT2D eigenvalue weighted by atomic mass is 10.1. The molecule has 5 heteroatoms. The SMILES string of the molecule is COCCNC(=O)CN(C)Cc1cc(C)c(O)c(C)c1. The summed E-state index contributed by atoms with van der Waals surface area (Å²) >= 11 is 0. The number of hydrogen-bond donors (Lipinski definition) is 2. The smallest absolute Gasteiger partial charge is 0.234 e. The highest BCUT2D eigenvalue weighted by molar-refractivity contribution is 5.77. The van der Waals surface area contributed by atoms with Crippen molar-refractivity contribution in [3.05, 3.63) is 28.8 Å². The first kappa shape index (κ1) is 16.5. The number of ether oxygens (including phenoxy) is 1. The highest BCUT2D eigenvalue weighted by Gasteiger charge is 2.09. The maximum absolute atomic E-state index is 11.7. The molecular weight excluding hydrogens is 256 g/mol. The number of rotatable bonds is 7. The molecule has 112 valence electrons. The molecule has 1 aromatic carbocycles. The Bertz CT molecular complexity index is 437. The molecule has 0 aliphatic rings. The number of nitrogens with zero attached hydrogens (tertiary/aromatic N) is 1. The van der Waals surface area contributed by atoms with Gasteiger partial charge in [0.05, 0.1) is 13.2 Å². The van der Waals surface area contributed by atoms with E-state index >= 15 is 0 Å². The Morgan fingerprint density at radius 1 is 1.35 bits per heavy atom. The van der Waals surface area contributed by atoms with Crippen molar-refractivity contribution in [2.24, 2.45) is 0 Å². The van der Waals surface area contributed by atoms with Gasteiger partial charge in [-0.25, -0.2) is 0 Å². The monoisotopic (exact) mass is 280 g/mol. The predicted octanol–water partition coefficient (Wildman–Crippen LogP) is 1.20. The molecule has 0 spiro atoms. The van der Waals surface area contributed by atoms with Gasteiger partial charge >= 0.3 is 0 Å². The van der Waals surface area contributed by atoms with Gasteiger partial charge in [-0.3, -0.25) is 9.69 Å². The molecule has 1 amide bonds. The van der Waals surface area contributed by atoms with E-state index < -0.39 is 0 Å². The number of phenols is 1. The quantitative estimate of drug-likeness (QED) is 0.737. The lowest BCUT2D eigenvalue weighted by Crippen LogP contribution is -2.36. The molecule has 0 bridgehead atoms. The second-order valence-corrected chi connectivity index (χ2v) is 5.09. The highest BCUT2D eigenvalue weighted by Crippen LogP contribution is 2.23. The summed E-state index contributed by atoms with van der Waals surface area (Å²) in [5, 5.41) is 12.5. The van der Waals surface area contributed by atoms with Gasteiger partial charge in [-0.05, 0) is 37.6 Å². The van der Waals surface area contributed by atoms with Crippen LogP contribution in [0.15, 0.2) is 12.1 Å². The van der Waals surface area contributed by atoms with Gasteiger partial charge in [0.1, 0.15) is 5.75 Å². The van der Waals surface area contributed by atoms with Crippen molar-refractivity contribution in [2.45, 2.75) is 20.4 Å². The summed E-state index contributed by atoms with van der Waals surface area (Å²) in [5.41, 5.74) is 2.81. The number of carbonyl (C=O) groups is 1. The molecule has 5 nitrogen and oxygen atoms in total. The van der Waals surface area contributed by atoms with Gasteiger partial charge in [0.2, 0.25) is 5.91 Å². The van der Waals surface area contributed by atoms with Crippen LogP contribution in [-0.2, 0) is 16.1 Å². The standard InChI is InChI=1S/C15H24N2O3/c1-11-7-13(8-12(2)15(11)19)9-17(3)10-14(18)16-5-6-20-4/h7-8,19H,5-6,9-10H2,1-4H3,(H,16,18). The second kappa shape index (κ2) is 7.87. The minimum absolute atomic E-state index is 0.0169. The van der Waals surface area contributed by atoms with E-state index in [4.69, 9.17) is 4.74 Å². The molecule has 0 aliphatic carbocycles. The van der Waals surface area contributed by atoms with Gasteiger partial charge < -0.3 is 15.2 Å².